The lowest BCUT2D eigenvalue weighted by Crippen LogP contribution is -2.40. The summed E-state index contributed by atoms with van der Waals surface area (Å²) < 4.78 is 47.3. The summed E-state index contributed by atoms with van der Waals surface area (Å²) in [4.78, 5) is 19.4. The van der Waals surface area contributed by atoms with Gasteiger partial charge in [-0.25, -0.2) is 4.98 Å². The molecule has 1 aliphatic rings. The van der Waals surface area contributed by atoms with E-state index in [4.69, 9.17) is 21.3 Å². The summed E-state index contributed by atoms with van der Waals surface area (Å²) in [6.45, 7) is 2.64. The Morgan fingerprint density at radius 2 is 1.74 bits per heavy atom. The lowest BCUT2D eigenvalue weighted by atomic mass is 9.96. The highest BCUT2D eigenvalue weighted by atomic mass is 35.5. The second-order valence-electron chi connectivity index (χ2n) is 9.69. The van der Waals surface area contributed by atoms with Crippen molar-refractivity contribution < 1.29 is 22.7 Å². The minimum absolute atomic E-state index is 0.0383. The highest BCUT2D eigenvalue weighted by molar-refractivity contribution is 6.33. The van der Waals surface area contributed by atoms with Crippen molar-refractivity contribution in [1.82, 2.24) is 14.5 Å². The number of hydrogen-bond donors (Lipinski definition) is 1. The SMILES string of the molecule is O=C(CN1CCC(Cn2c(COc3ccccc3)nc3ccccc32)CC1)Nc1cc(C(F)(F)F)ccc1Cl. The van der Waals surface area contributed by atoms with Gasteiger partial charge in [-0.3, -0.25) is 9.69 Å². The fourth-order valence-corrected chi connectivity index (χ4v) is 5.04. The third-order valence-corrected chi connectivity index (χ3v) is 7.26. The fraction of sp³-hybridized carbons (Fsp3) is 0.310. The number of anilines is 1. The molecular weight excluding hydrogens is 529 g/mol. The van der Waals surface area contributed by atoms with Crippen molar-refractivity contribution in [2.24, 2.45) is 5.92 Å². The minimum atomic E-state index is -4.51. The van der Waals surface area contributed by atoms with Crippen molar-refractivity contribution in [3.05, 3.63) is 89.2 Å². The van der Waals surface area contributed by atoms with Crippen molar-refractivity contribution in [3.8, 4) is 5.75 Å². The number of alkyl halides is 3. The predicted octanol–water partition coefficient (Wildman–Crippen LogP) is 6.64. The molecule has 0 saturated carbocycles. The van der Waals surface area contributed by atoms with E-state index in [9.17, 15) is 18.0 Å². The van der Waals surface area contributed by atoms with Gasteiger partial charge in [0.2, 0.25) is 5.91 Å². The summed E-state index contributed by atoms with van der Waals surface area (Å²) in [5.41, 5.74) is 1.09. The number of halogens is 4. The topological polar surface area (TPSA) is 59.4 Å². The van der Waals surface area contributed by atoms with Crippen LogP contribution in [0.5, 0.6) is 5.75 Å². The lowest BCUT2D eigenvalue weighted by molar-refractivity contribution is -0.137. The van der Waals surface area contributed by atoms with Crippen LogP contribution in [-0.4, -0.2) is 40.0 Å². The number of piperidine rings is 1. The third-order valence-electron chi connectivity index (χ3n) is 6.93. The molecule has 0 spiro atoms. The van der Waals surface area contributed by atoms with Gasteiger partial charge >= 0.3 is 6.18 Å². The molecular formula is C29H28ClF3N4O2. The Hall–Kier alpha value is -3.56. The molecule has 10 heteroatoms. The first-order valence-electron chi connectivity index (χ1n) is 12.8. The highest BCUT2D eigenvalue weighted by Crippen LogP contribution is 2.34. The number of benzene rings is 3. The summed E-state index contributed by atoms with van der Waals surface area (Å²) in [6, 6.07) is 20.6. The van der Waals surface area contributed by atoms with Crippen molar-refractivity contribution in [2.75, 3.05) is 25.0 Å². The second kappa shape index (κ2) is 11.7. The van der Waals surface area contributed by atoms with E-state index in [1.807, 2.05) is 53.4 Å². The third kappa shape index (κ3) is 6.72. The summed E-state index contributed by atoms with van der Waals surface area (Å²) >= 11 is 6.02. The first kappa shape index (κ1) is 27.0. The second-order valence-corrected chi connectivity index (χ2v) is 10.1. The number of nitrogens with one attached hydrogen (secondary N) is 1. The van der Waals surface area contributed by atoms with Crippen LogP contribution < -0.4 is 10.1 Å². The Balaban J connectivity index is 1.18. The van der Waals surface area contributed by atoms with E-state index in [2.05, 4.69) is 16.0 Å². The van der Waals surface area contributed by atoms with Crippen LogP contribution >= 0.6 is 11.6 Å². The van der Waals surface area contributed by atoms with Gasteiger partial charge in [-0.2, -0.15) is 13.2 Å². The molecule has 0 bridgehead atoms. The maximum absolute atomic E-state index is 13.0. The molecule has 1 fully saturated rings. The van der Waals surface area contributed by atoms with Gasteiger partial charge in [-0.05, 0) is 74.3 Å². The average Bonchev–Trinajstić information content (AvgIpc) is 3.27. The number of aromatic nitrogens is 2. The first-order valence-corrected chi connectivity index (χ1v) is 13.1. The maximum Gasteiger partial charge on any atom is 0.416 e. The van der Waals surface area contributed by atoms with Crippen LogP contribution in [-0.2, 0) is 24.1 Å². The monoisotopic (exact) mass is 556 g/mol. The van der Waals surface area contributed by atoms with Crippen LogP contribution in [0, 0.1) is 5.92 Å². The summed E-state index contributed by atoms with van der Waals surface area (Å²) in [5.74, 6) is 1.64. The number of amides is 1. The number of carbonyl (C=O) groups is 1. The largest absolute Gasteiger partial charge is 0.486 e. The molecule has 3 aromatic carbocycles. The summed E-state index contributed by atoms with van der Waals surface area (Å²) in [5, 5.41) is 2.60. The maximum atomic E-state index is 13.0. The number of imidazole rings is 1. The first-order chi connectivity index (χ1) is 18.8. The Labute approximate surface area is 229 Å². The van der Waals surface area contributed by atoms with E-state index in [1.165, 1.54) is 0 Å². The highest BCUT2D eigenvalue weighted by Gasteiger charge is 2.31. The molecule has 0 unspecified atom stereocenters. The van der Waals surface area contributed by atoms with Crippen LogP contribution in [0.4, 0.5) is 18.9 Å². The predicted molar refractivity (Wildman–Crippen MR) is 145 cm³/mol. The molecule has 1 amide bonds. The summed E-state index contributed by atoms with van der Waals surface area (Å²) in [6.07, 6.45) is -2.76. The van der Waals surface area contributed by atoms with E-state index in [0.29, 0.717) is 25.6 Å². The Kier molecular flexibility index (Phi) is 8.09. The molecule has 1 N–H and O–H groups in total. The summed E-state index contributed by atoms with van der Waals surface area (Å²) in [7, 11) is 0. The number of para-hydroxylation sites is 3. The lowest BCUT2D eigenvalue weighted by Gasteiger charge is -2.32. The van der Waals surface area contributed by atoms with Gasteiger partial charge in [0.25, 0.3) is 0 Å². The van der Waals surface area contributed by atoms with Crippen molar-refractivity contribution in [1.29, 1.82) is 0 Å². The average molecular weight is 557 g/mol. The van der Waals surface area contributed by atoms with Crippen LogP contribution in [0.15, 0.2) is 72.8 Å². The van der Waals surface area contributed by atoms with Gasteiger partial charge in [0.1, 0.15) is 18.2 Å². The number of carbonyl (C=O) groups excluding carboxylic acids is 1. The zero-order valence-electron chi connectivity index (χ0n) is 21.1. The van der Waals surface area contributed by atoms with Crippen LogP contribution in [0.3, 0.4) is 0 Å². The van der Waals surface area contributed by atoms with Crippen LogP contribution in [0.1, 0.15) is 24.2 Å². The normalized spacial score (nSPS) is 15.0. The number of ether oxygens (including phenoxy) is 1. The zero-order valence-corrected chi connectivity index (χ0v) is 21.9. The van der Waals surface area contributed by atoms with Crippen molar-refractivity contribution in [3.63, 3.8) is 0 Å². The standard InChI is InChI=1S/C29H28ClF3N4O2/c30-23-11-10-21(29(31,32)33)16-25(23)35-28(38)18-36-14-12-20(13-15-36)17-37-26-9-5-4-8-24(26)34-27(37)19-39-22-6-2-1-3-7-22/h1-11,16,20H,12-15,17-19H2,(H,35,38). The fourth-order valence-electron chi connectivity index (χ4n) is 4.88. The van der Waals surface area contributed by atoms with E-state index in [1.54, 1.807) is 0 Å². The molecule has 1 saturated heterocycles. The molecule has 2 heterocycles. The van der Waals surface area contributed by atoms with Gasteiger partial charge in [-0.15, -0.1) is 0 Å². The molecule has 4 aromatic rings. The van der Waals surface area contributed by atoms with Gasteiger partial charge < -0.3 is 14.6 Å². The molecule has 1 aliphatic heterocycles. The number of rotatable bonds is 8. The molecule has 204 valence electrons. The number of hydrogen-bond acceptors (Lipinski definition) is 4. The van der Waals surface area contributed by atoms with Crippen LogP contribution in [0.25, 0.3) is 11.0 Å². The molecule has 0 radical (unpaired) electrons. The molecule has 0 atom stereocenters. The molecule has 0 aliphatic carbocycles. The van der Waals surface area contributed by atoms with E-state index in [0.717, 1.165) is 60.2 Å². The molecule has 5 rings (SSSR count). The Morgan fingerprint density at radius 1 is 1.03 bits per heavy atom. The smallest absolute Gasteiger partial charge is 0.416 e. The number of likely N-dealkylation sites (tertiary alicyclic amines) is 1. The Morgan fingerprint density at radius 3 is 2.49 bits per heavy atom. The van der Waals surface area contributed by atoms with E-state index in [-0.39, 0.29) is 17.3 Å². The van der Waals surface area contributed by atoms with Crippen molar-refractivity contribution in [2.45, 2.75) is 32.2 Å². The van der Waals surface area contributed by atoms with Gasteiger partial charge in [0.05, 0.1) is 33.9 Å². The van der Waals surface area contributed by atoms with Crippen molar-refractivity contribution >= 4 is 34.2 Å². The quantitative estimate of drug-likeness (QED) is 0.264. The molecule has 1 aromatic heterocycles. The van der Waals surface area contributed by atoms with E-state index < -0.39 is 17.6 Å². The molecule has 39 heavy (non-hydrogen) atoms. The van der Waals surface area contributed by atoms with Gasteiger partial charge in [0, 0.05) is 6.54 Å². The molecule has 6 nitrogen and oxygen atoms in total. The Bertz CT molecular complexity index is 1430. The number of nitrogens with zero attached hydrogens (tertiary/aromatic N) is 3. The van der Waals surface area contributed by atoms with Gasteiger partial charge in [-0.1, -0.05) is 41.9 Å². The minimum Gasteiger partial charge on any atom is -0.486 e. The number of fused-ring (bicyclic) bond motifs is 1. The van der Waals surface area contributed by atoms with Crippen LogP contribution in [0.2, 0.25) is 5.02 Å². The van der Waals surface area contributed by atoms with Gasteiger partial charge in [0.15, 0.2) is 0 Å². The zero-order chi connectivity index (χ0) is 27.4. The van der Waals surface area contributed by atoms with E-state index >= 15 is 0 Å².